The van der Waals surface area contributed by atoms with Gasteiger partial charge in [0, 0.05) is 28.8 Å². The number of hydrogen-bond acceptors (Lipinski definition) is 3. The third kappa shape index (κ3) is 2.93. The Morgan fingerprint density at radius 3 is 2.56 bits per heavy atom. The van der Waals surface area contributed by atoms with Gasteiger partial charge in [-0.2, -0.15) is 0 Å². The quantitative estimate of drug-likeness (QED) is 0.854. The van der Waals surface area contributed by atoms with Crippen molar-refractivity contribution in [2.24, 2.45) is 0 Å². The molecular weight excluding hydrogens is 294 g/mol. The van der Waals surface area contributed by atoms with Gasteiger partial charge in [0.05, 0.1) is 5.60 Å². The maximum absolute atomic E-state index is 11.7. The summed E-state index contributed by atoms with van der Waals surface area (Å²) < 4.78 is 0.917. The molecule has 18 heavy (non-hydrogen) atoms. The van der Waals surface area contributed by atoms with Gasteiger partial charge in [0.15, 0.2) is 5.78 Å². The third-order valence-electron chi connectivity index (χ3n) is 3.52. The number of Topliss-reactive ketones (excluding diaryl/α,β-unsaturated/α-hetero) is 1. The molecule has 0 saturated carbocycles. The van der Waals surface area contributed by atoms with Crippen molar-refractivity contribution in [1.29, 1.82) is 0 Å². The molecule has 0 aliphatic carbocycles. The highest BCUT2D eigenvalue weighted by Crippen LogP contribution is 2.30. The summed E-state index contributed by atoms with van der Waals surface area (Å²) in [6.07, 6.45) is 1.47. The number of hydrogen-bond donors (Lipinski definition) is 1. The number of ketones is 1. The Kier molecular flexibility index (Phi) is 3.78. The fourth-order valence-electron chi connectivity index (χ4n) is 2.30. The van der Waals surface area contributed by atoms with Crippen molar-refractivity contribution in [2.45, 2.75) is 32.3 Å². The van der Waals surface area contributed by atoms with Crippen LogP contribution >= 0.6 is 15.9 Å². The van der Waals surface area contributed by atoms with Gasteiger partial charge in [0.2, 0.25) is 0 Å². The van der Waals surface area contributed by atoms with Crippen LogP contribution < -0.4 is 4.90 Å². The van der Waals surface area contributed by atoms with E-state index < -0.39 is 5.60 Å². The lowest BCUT2D eigenvalue weighted by atomic mass is 9.93. The van der Waals surface area contributed by atoms with Gasteiger partial charge in [0.1, 0.15) is 0 Å². The first-order valence-corrected chi connectivity index (χ1v) is 6.96. The highest BCUT2D eigenvalue weighted by atomic mass is 79.9. The summed E-state index contributed by atoms with van der Waals surface area (Å²) in [7, 11) is 0. The number of benzene rings is 1. The largest absolute Gasteiger partial charge is 0.390 e. The van der Waals surface area contributed by atoms with E-state index in [1.807, 2.05) is 25.1 Å². The number of aliphatic hydroxyl groups is 1. The molecule has 1 aliphatic rings. The molecule has 0 atom stereocenters. The predicted molar refractivity (Wildman–Crippen MR) is 76.2 cm³/mol. The molecule has 1 saturated heterocycles. The summed E-state index contributed by atoms with van der Waals surface area (Å²) in [5.41, 5.74) is 1.15. The van der Waals surface area contributed by atoms with Crippen molar-refractivity contribution in [3.63, 3.8) is 0 Å². The fourth-order valence-corrected chi connectivity index (χ4v) is 2.66. The maximum atomic E-state index is 11.7. The minimum atomic E-state index is -0.567. The molecule has 1 fully saturated rings. The number of carbonyl (C=O) groups excluding carboxylic acids is 1. The first-order valence-electron chi connectivity index (χ1n) is 6.17. The van der Waals surface area contributed by atoms with Gasteiger partial charge in [-0.05, 0) is 44.9 Å². The first-order chi connectivity index (χ1) is 8.39. The molecule has 3 nitrogen and oxygen atoms in total. The average Bonchev–Trinajstić information content (AvgIpc) is 2.29. The molecular formula is C14H18BrNO2. The van der Waals surface area contributed by atoms with Crippen LogP contribution in [0, 0.1) is 0 Å². The van der Waals surface area contributed by atoms with E-state index >= 15 is 0 Å². The summed E-state index contributed by atoms with van der Waals surface area (Å²) in [6.45, 7) is 5.03. The summed E-state index contributed by atoms with van der Waals surface area (Å²) >= 11 is 3.40. The lowest BCUT2D eigenvalue weighted by Crippen LogP contribution is -2.42. The molecule has 0 spiro atoms. The number of carbonyl (C=O) groups is 1. The van der Waals surface area contributed by atoms with Crippen LogP contribution in [0.2, 0.25) is 0 Å². The second-order valence-corrected chi connectivity index (χ2v) is 6.12. The molecule has 1 aromatic carbocycles. The zero-order valence-electron chi connectivity index (χ0n) is 10.7. The van der Waals surface area contributed by atoms with Crippen molar-refractivity contribution in [3.8, 4) is 0 Å². The van der Waals surface area contributed by atoms with Crippen molar-refractivity contribution >= 4 is 27.4 Å². The molecule has 0 radical (unpaired) electrons. The molecule has 98 valence electrons. The van der Waals surface area contributed by atoms with Crippen LogP contribution in [0.1, 0.15) is 37.0 Å². The standard InChI is InChI=1S/C14H18BrNO2/c1-10(17)12-9-11(15)3-4-13(12)16-7-5-14(2,18)6-8-16/h3-4,9,18H,5-8H2,1-2H3. The number of rotatable bonds is 2. The average molecular weight is 312 g/mol. The Morgan fingerprint density at radius 2 is 2.00 bits per heavy atom. The van der Waals surface area contributed by atoms with Gasteiger partial charge in [-0.25, -0.2) is 0 Å². The second kappa shape index (κ2) is 5.02. The van der Waals surface area contributed by atoms with Crippen molar-refractivity contribution in [2.75, 3.05) is 18.0 Å². The lowest BCUT2D eigenvalue weighted by Gasteiger charge is -2.37. The monoisotopic (exact) mass is 311 g/mol. The molecule has 1 heterocycles. The van der Waals surface area contributed by atoms with Crippen molar-refractivity contribution in [1.82, 2.24) is 0 Å². The number of halogens is 1. The highest BCUT2D eigenvalue weighted by molar-refractivity contribution is 9.10. The van der Waals surface area contributed by atoms with E-state index in [0.29, 0.717) is 0 Å². The van der Waals surface area contributed by atoms with Crippen LogP contribution in [0.3, 0.4) is 0 Å². The summed E-state index contributed by atoms with van der Waals surface area (Å²) in [4.78, 5) is 13.9. The number of nitrogens with zero attached hydrogens (tertiary/aromatic N) is 1. The first kappa shape index (κ1) is 13.6. The molecule has 1 aliphatic heterocycles. The zero-order chi connectivity index (χ0) is 13.3. The number of piperidine rings is 1. The molecule has 2 rings (SSSR count). The van der Waals surface area contributed by atoms with E-state index in [1.165, 1.54) is 0 Å². The fraction of sp³-hybridized carbons (Fsp3) is 0.500. The Labute approximate surface area is 116 Å². The molecule has 0 aromatic heterocycles. The Balaban J connectivity index is 2.26. The van der Waals surface area contributed by atoms with Crippen LogP contribution in [0.15, 0.2) is 22.7 Å². The van der Waals surface area contributed by atoms with Gasteiger partial charge < -0.3 is 10.0 Å². The van der Waals surface area contributed by atoms with Crippen LogP contribution in [0.25, 0.3) is 0 Å². The van der Waals surface area contributed by atoms with E-state index in [9.17, 15) is 9.90 Å². The topological polar surface area (TPSA) is 40.5 Å². The maximum Gasteiger partial charge on any atom is 0.161 e. The Morgan fingerprint density at radius 1 is 1.39 bits per heavy atom. The van der Waals surface area contributed by atoms with E-state index in [0.717, 1.165) is 41.7 Å². The zero-order valence-corrected chi connectivity index (χ0v) is 12.3. The summed E-state index contributed by atoms with van der Waals surface area (Å²) in [5.74, 6) is 0.0728. The SMILES string of the molecule is CC(=O)c1cc(Br)ccc1N1CCC(C)(O)CC1. The Bertz CT molecular complexity index is 461. The second-order valence-electron chi connectivity index (χ2n) is 5.20. The lowest BCUT2D eigenvalue weighted by molar-refractivity contribution is 0.0351. The van der Waals surface area contributed by atoms with Gasteiger partial charge in [0.25, 0.3) is 0 Å². The van der Waals surface area contributed by atoms with Crippen molar-refractivity contribution in [3.05, 3.63) is 28.2 Å². The van der Waals surface area contributed by atoms with Crippen molar-refractivity contribution < 1.29 is 9.90 Å². The van der Waals surface area contributed by atoms with E-state index in [1.54, 1.807) is 6.92 Å². The molecule has 0 amide bonds. The van der Waals surface area contributed by atoms with Gasteiger partial charge in [-0.1, -0.05) is 15.9 Å². The summed E-state index contributed by atoms with van der Waals surface area (Å²) in [5, 5.41) is 9.96. The van der Waals surface area contributed by atoms with E-state index in [4.69, 9.17) is 0 Å². The molecule has 1 N–H and O–H groups in total. The van der Waals surface area contributed by atoms with Gasteiger partial charge in [-0.3, -0.25) is 4.79 Å². The minimum Gasteiger partial charge on any atom is -0.390 e. The number of anilines is 1. The minimum absolute atomic E-state index is 0.0728. The Hall–Kier alpha value is -0.870. The van der Waals surface area contributed by atoms with Gasteiger partial charge in [-0.15, -0.1) is 0 Å². The highest BCUT2D eigenvalue weighted by Gasteiger charge is 2.28. The van der Waals surface area contributed by atoms with Crippen LogP contribution in [0.4, 0.5) is 5.69 Å². The van der Waals surface area contributed by atoms with Crippen LogP contribution in [0.5, 0.6) is 0 Å². The van der Waals surface area contributed by atoms with Crippen LogP contribution in [-0.4, -0.2) is 29.6 Å². The molecule has 1 aromatic rings. The molecule has 4 heteroatoms. The molecule has 0 bridgehead atoms. The smallest absolute Gasteiger partial charge is 0.161 e. The normalized spacial score (nSPS) is 18.8. The van der Waals surface area contributed by atoms with Gasteiger partial charge >= 0.3 is 0 Å². The van der Waals surface area contributed by atoms with Crippen LogP contribution in [-0.2, 0) is 0 Å². The third-order valence-corrected chi connectivity index (χ3v) is 4.01. The predicted octanol–water partition coefficient (Wildman–Crippen LogP) is 3.00. The summed E-state index contributed by atoms with van der Waals surface area (Å²) in [6, 6.07) is 5.79. The van der Waals surface area contributed by atoms with E-state index in [-0.39, 0.29) is 5.78 Å². The molecule has 0 unspecified atom stereocenters. The van der Waals surface area contributed by atoms with E-state index in [2.05, 4.69) is 20.8 Å².